The standard InChI is InChI=1S/C12H14BrClN2O.ClH/c13-10-5-1-4-9(11(10)14)12(17)16-8-3-2-6-15-7-8;/h1,4-5,8,15H,2-3,6-7H2,(H,16,17);1H/t8-;/m0./s1. The van der Waals surface area contributed by atoms with Gasteiger partial charge in [0, 0.05) is 17.1 Å². The number of hydrogen-bond donors (Lipinski definition) is 2. The van der Waals surface area contributed by atoms with Crippen LogP contribution < -0.4 is 10.6 Å². The highest BCUT2D eigenvalue weighted by molar-refractivity contribution is 9.10. The lowest BCUT2D eigenvalue weighted by Gasteiger charge is -2.24. The Bertz CT molecular complexity index is 423. The number of piperidine rings is 1. The van der Waals surface area contributed by atoms with Crippen molar-refractivity contribution in [1.29, 1.82) is 0 Å². The van der Waals surface area contributed by atoms with E-state index in [4.69, 9.17) is 11.6 Å². The SMILES string of the molecule is Cl.O=C(N[C@H]1CCCNC1)c1cccc(Br)c1Cl. The molecule has 1 fully saturated rings. The van der Waals surface area contributed by atoms with Crippen molar-refractivity contribution in [3.63, 3.8) is 0 Å². The quantitative estimate of drug-likeness (QED) is 0.858. The first-order valence-electron chi connectivity index (χ1n) is 5.64. The number of hydrogen-bond acceptors (Lipinski definition) is 2. The fraction of sp³-hybridized carbons (Fsp3) is 0.417. The minimum Gasteiger partial charge on any atom is -0.348 e. The topological polar surface area (TPSA) is 41.1 Å². The van der Waals surface area contributed by atoms with Gasteiger partial charge in [0.2, 0.25) is 0 Å². The molecule has 0 aliphatic carbocycles. The van der Waals surface area contributed by atoms with Gasteiger partial charge in [0.05, 0.1) is 10.6 Å². The first kappa shape index (κ1) is 15.8. The van der Waals surface area contributed by atoms with Crippen molar-refractivity contribution in [2.45, 2.75) is 18.9 Å². The van der Waals surface area contributed by atoms with Crippen molar-refractivity contribution in [3.05, 3.63) is 33.3 Å². The van der Waals surface area contributed by atoms with Gasteiger partial charge < -0.3 is 10.6 Å². The van der Waals surface area contributed by atoms with E-state index in [2.05, 4.69) is 26.6 Å². The number of benzene rings is 1. The molecule has 1 saturated heterocycles. The molecule has 18 heavy (non-hydrogen) atoms. The maximum absolute atomic E-state index is 12.0. The molecule has 0 unspecified atom stereocenters. The van der Waals surface area contributed by atoms with Crippen LogP contribution in [0.3, 0.4) is 0 Å². The highest BCUT2D eigenvalue weighted by atomic mass is 79.9. The van der Waals surface area contributed by atoms with E-state index in [0.717, 1.165) is 30.4 Å². The lowest BCUT2D eigenvalue weighted by molar-refractivity contribution is 0.0931. The molecule has 2 rings (SSSR count). The van der Waals surface area contributed by atoms with Crippen LogP contribution in [-0.2, 0) is 0 Å². The summed E-state index contributed by atoms with van der Waals surface area (Å²) in [7, 11) is 0. The third-order valence-electron chi connectivity index (χ3n) is 2.83. The van der Waals surface area contributed by atoms with Gasteiger partial charge in [-0.05, 0) is 47.4 Å². The molecule has 6 heteroatoms. The summed E-state index contributed by atoms with van der Waals surface area (Å²) in [5.41, 5.74) is 0.520. The Kier molecular flexibility index (Phi) is 6.43. The Hall–Kier alpha value is -0.290. The van der Waals surface area contributed by atoms with Gasteiger partial charge in [-0.2, -0.15) is 0 Å². The van der Waals surface area contributed by atoms with Crippen LogP contribution >= 0.6 is 39.9 Å². The monoisotopic (exact) mass is 352 g/mol. The Labute approximate surface area is 126 Å². The summed E-state index contributed by atoms with van der Waals surface area (Å²) in [4.78, 5) is 12.0. The summed E-state index contributed by atoms with van der Waals surface area (Å²) in [6.45, 7) is 1.86. The van der Waals surface area contributed by atoms with Crippen molar-refractivity contribution in [1.82, 2.24) is 10.6 Å². The molecule has 1 aromatic rings. The molecule has 0 aromatic heterocycles. The van der Waals surface area contributed by atoms with Gasteiger partial charge >= 0.3 is 0 Å². The number of halogens is 3. The van der Waals surface area contributed by atoms with Gasteiger partial charge in [-0.3, -0.25) is 4.79 Å². The Morgan fingerprint density at radius 1 is 1.50 bits per heavy atom. The van der Waals surface area contributed by atoms with Gasteiger partial charge in [0.25, 0.3) is 5.91 Å². The fourth-order valence-electron chi connectivity index (χ4n) is 1.92. The highest BCUT2D eigenvalue weighted by Crippen LogP contribution is 2.26. The molecule has 1 atom stereocenters. The summed E-state index contributed by atoms with van der Waals surface area (Å²) in [5.74, 6) is -0.106. The molecule has 0 spiro atoms. The third-order valence-corrected chi connectivity index (χ3v) is 4.12. The van der Waals surface area contributed by atoms with Crippen LogP contribution in [0.15, 0.2) is 22.7 Å². The average molecular weight is 354 g/mol. The predicted molar refractivity (Wildman–Crippen MR) is 79.8 cm³/mol. The highest BCUT2D eigenvalue weighted by Gasteiger charge is 2.18. The normalized spacial score (nSPS) is 18.9. The number of amides is 1. The van der Waals surface area contributed by atoms with Gasteiger partial charge in [-0.15, -0.1) is 12.4 Å². The van der Waals surface area contributed by atoms with Crippen LogP contribution in [0.5, 0.6) is 0 Å². The van der Waals surface area contributed by atoms with E-state index in [1.54, 1.807) is 6.07 Å². The lowest BCUT2D eigenvalue weighted by atomic mass is 10.1. The van der Waals surface area contributed by atoms with Crippen LogP contribution in [0.2, 0.25) is 5.02 Å². The summed E-state index contributed by atoms with van der Waals surface area (Å²) in [6, 6.07) is 5.57. The molecule has 0 saturated carbocycles. The van der Waals surface area contributed by atoms with Crippen molar-refractivity contribution >= 4 is 45.8 Å². The molecule has 1 aromatic carbocycles. The van der Waals surface area contributed by atoms with Crippen molar-refractivity contribution < 1.29 is 4.79 Å². The average Bonchev–Trinajstić information content (AvgIpc) is 2.34. The van der Waals surface area contributed by atoms with Gasteiger partial charge in [0.15, 0.2) is 0 Å². The van der Waals surface area contributed by atoms with Gasteiger partial charge in [0.1, 0.15) is 0 Å². The van der Waals surface area contributed by atoms with Gasteiger partial charge in [-0.25, -0.2) is 0 Å². The molecule has 2 N–H and O–H groups in total. The zero-order valence-corrected chi connectivity index (χ0v) is 12.9. The Morgan fingerprint density at radius 3 is 2.94 bits per heavy atom. The molecule has 1 aliphatic heterocycles. The molecule has 3 nitrogen and oxygen atoms in total. The van der Waals surface area contributed by atoms with Crippen LogP contribution in [0, 0.1) is 0 Å². The zero-order chi connectivity index (χ0) is 12.3. The zero-order valence-electron chi connectivity index (χ0n) is 9.71. The smallest absolute Gasteiger partial charge is 0.253 e. The maximum atomic E-state index is 12.0. The summed E-state index contributed by atoms with van der Waals surface area (Å²) < 4.78 is 0.744. The second-order valence-corrected chi connectivity index (χ2v) is 5.35. The molecule has 0 bridgehead atoms. The first-order valence-corrected chi connectivity index (χ1v) is 6.81. The van der Waals surface area contributed by atoms with Crippen molar-refractivity contribution in [2.75, 3.05) is 13.1 Å². The maximum Gasteiger partial charge on any atom is 0.253 e. The molecule has 100 valence electrons. The van der Waals surface area contributed by atoms with Crippen LogP contribution in [0.25, 0.3) is 0 Å². The number of rotatable bonds is 2. The van der Waals surface area contributed by atoms with E-state index in [9.17, 15) is 4.79 Å². The molecule has 1 amide bonds. The summed E-state index contributed by atoms with van der Waals surface area (Å²) in [6.07, 6.45) is 2.11. The van der Waals surface area contributed by atoms with E-state index >= 15 is 0 Å². The fourth-order valence-corrected chi connectivity index (χ4v) is 2.50. The van der Waals surface area contributed by atoms with Crippen molar-refractivity contribution in [3.8, 4) is 0 Å². The lowest BCUT2D eigenvalue weighted by Crippen LogP contribution is -2.45. The molecule has 0 radical (unpaired) electrons. The summed E-state index contributed by atoms with van der Waals surface area (Å²) in [5, 5.41) is 6.72. The minimum atomic E-state index is -0.106. The van der Waals surface area contributed by atoms with E-state index in [1.807, 2.05) is 12.1 Å². The summed E-state index contributed by atoms with van der Waals surface area (Å²) >= 11 is 9.40. The van der Waals surface area contributed by atoms with Crippen molar-refractivity contribution in [2.24, 2.45) is 0 Å². The van der Waals surface area contributed by atoms with Crippen LogP contribution in [0.1, 0.15) is 23.2 Å². The number of nitrogens with one attached hydrogen (secondary N) is 2. The van der Waals surface area contributed by atoms with E-state index in [-0.39, 0.29) is 24.4 Å². The number of carbonyl (C=O) groups excluding carboxylic acids is 1. The van der Waals surface area contributed by atoms with E-state index in [0.29, 0.717) is 10.6 Å². The van der Waals surface area contributed by atoms with E-state index < -0.39 is 0 Å². The Morgan fingerprint density at radius 2 is 2.28 bits per heavy atom. The van der Waals surface area contributed by atoms with E-state index in [1.165, 1.54) is 0 Å². The largest absolute Gasteiger partial charge is 0.348 e. The molecular formula is C12H15BrCl2N2O. The first-order chi connectivity index (χ1) is 8.18. The Balaban J connectivity index is 0.00000162. The number of carbonyl (C=O) groups is 1. The van der Waals surface area contributed by atoms with Gasteiger partial charge in [-0.1, -0.05) is 17.7 Å². The van der Waals surface area contributed by atoms with Crippen LogP contribution in [-0.4, -0.2) is 25.0 Å². The molecule has 1 heterocycles. The molecule has 1 aliphatic rings. The van der Waals surface area contributed by atoms with Crippen LogP contribution in [0.4, 0.5) is 0 Å². The third kappa shape index (κ3) is 3.85. The minimum absolute atomic E-state index is 0. The second kappa shape index (κ2) is 7.34. The second-order valence-electron chi connectivity index (χ2n) is 4.12. The molecular weight excluding hydrogens is 339 g/mol. The predicted octanol–water partition coefficient (Wildman–Crippen LogP) is 3.01.